The van der Waals surface area contributed by atoms with Gasteiger partial charge in [0, 0.05) is 26.2 Å². The summed E-state index contributed by atoms with van der Waals surface area (Å²) in [6.07, 6.45) is 0. The number of piperazine rings is 1. The number of nitrogens with zero attached hydrogens (tertiary/aromatic N) is 2. The van der Waals surface area contributed by atoms with Crippen molar-refractivity contribution >= 4 is 17.3 Å². The first-order valence-electron chi connectivity index (χ1n) is 7.10. The lowest BCUT2D eigenvalue weighted by Crippen LogP contribution is -2.48. The van der Waals surface area contributed by atoms with Crippen molar-refractivity contribution in [3.8, 4) is 0 Å². The van der Waals surface area contributed by atoms with Gasteiger partial charge in [-0.1, -0.05) is 12.1 Å². The molecule has 1 saturated heterocycles. The van der Waals surface area contributed by atoms with E-state index in [9.17, 15) is 4.79 Å². The second kappa shape index (κ2) is 5.52. The Morgan fingerprint density at radius 3 is 2.43 bits per heavy atom. The number of furan rings is 1. The highest BCUT2D eigenvalue weighted by Gasteiger charge is 2.24. The Kier molecular flexibility index (Phi) is 3.56. The number of carbonyl (C=O) groups excluding carboxylic acids is 1. The molecule has 0 atom stereocenters. The van der Waals surface area contributed by atoms with Crippen LogP contribution in [0.4, 0.5) is 11.4 Å². The number of carbonyl (C=O) groups is 1. The number of aryl methyl sites for hydroxylation is 1. The Hall–Kier alpha value is -2.43. The van der Waals surface area contributed by atoms with E-state index in [1.54, 1.807) is 6.07 Å². The summed E-state index contributed by atoms with van der Waals surface area (Å²) in [7, 11) is 0. The van der Waals surface area contributed by atoms with Crippen molar-refractivity contribution in [1.82, 2.24) is 4.90 Å². The topological polar surface area (TPSA) is 62.7 Å². The third-order valence-corrected chi connectivity index (χ3v) is 3.80. The maximum Gasteiger partial charge on any atom is 0.289 e. The van der Waals surface area contributed by atoms with Crippen LogP contribution in [0.25, 0.3) is 0 Å². The van der Waals surface area contributed by atoms with Crippen LogP contribution in [-0.4, -0.2) is 37.0 Å². The number of para-hydroxylation sites is 2. The van der Waals surface area contributed by atoms with E-state index in [-0.39, 0.29) is 5.91 Å². The van der Waals surface area contributed by atoms with Gasteiger partial charge in [0.25, 0.3) is 5.91 Å². The highest BCUT2D eigenvalue weighted by Crippen LogP contribution is 2.24. The van der Waals surface area contributed by atoms with E-state index in [2.05, 4.69) is 4.90 Å². The molecule has 1 aromatic carbocycles. The molecule has 1 amide bonds. The van der Waals surface area contributed by atoms with E-state index < -0.39 is 0 Å². The van der Waals surface area contributed by atoms with Crippen LogP contribution in [0.5, 0.6) is 0 Å². The molecule has 5 nitrogen and oxygen atoms in total. The zero-order valence-electron chi connectivity index (χ0n) is 12.1. The number of rotatable bonds is 2. The lowest BCUT2D eigenvalue weighted by atomic mass is 10.2. The number of anilines is 2. The third kappa shape index (κ3) is 2.72. The van der Waals surface area contributed by atoms with Crippen molar-refractivity contribution in [3.05, 3.63) is 47.9 Å². The fourth-order valence-corrected chi connectivity index (χ4v) is 2.63. The summed E-state index contributed by atoms with van der Waals surface area (Å²) in [4.78, 5) is 16.4. The Labute approximate surface area is 123 Å². The number of benzene rings is 1. The van der Waals surface area contributed by atoms with Gasteiger partial charge in [0.1, 0.15) is 5.76 Å². The normalized spacial score (nSPS) is 15.3. The summed E-state index contributed by atoms with van der Waals surface area (Å²) in [5.74, 6) is 1.14. The molecule has 5 heteroatoms. The zero-order valence-corrected chi connectivity index (χ0v) is 12.1. The largest absolute Gasteiger partial charge is 0.456 e. The first-order chi connectivity index (χ1) is 10.1. The molecule has 110 valence electrons. The number of nitrogens with two attached hydrogens (primary N) is 1. The second-order valence-electron chi connectivity index (χ2n) is 5.25. The van der Waals surface area contributed by atoms with Gasteiger partial charge in [0.15, 0.2) is 5.76 Å². The van der Waals surface area contributed by atoms with E-state index in [1.807, 2.05) is 42.2 Å². The molecule has 0 bridgehead atoms. The number of nitrogen functional groups attached to an aromatic ring is 1. The predicted molar refractivity (Wildman–Crippen MR) is 82.4 cm³/mol. The second-order valence-corrected chi connectivity index (χ2v) is 5.25. The lowest BCUT2D eigenvalue weighted by Gasteiger charge is -2.36. The summed E-state index contributed by atoms with van der Waals surface area (Å²) >= 11 is 0. The minimum Gasteiger partial charge on any atom is -0.456 e. The predicted octanol–water partition coefficient (Wildman–Crippen LogP) is 2.13. The van der Waals surface area contributed by atoms with Gasteiger partial charge in [-0.05, 0) is 31.2 Å². The average Bonchev–Trinajstić information content (AvgIpc) is 2.94. The van der Waals surface area contributed by atoms with E-state index in [0.717, 1.165) is 30.2 Å². The Morgan fingerprint density at radius 2 is 1.81 bits per heavy atom. The van der Waals surface area contributed by atoms with Gasteiger partial charge in [-0.2, -0.15) is 0 Å². The van der Waals surface area contributed by atoms with Crippen LogP contribution in [0.15, 0.2) is 40.8 Å². The molecule has 21 heavy (non-hydrogen) atoms. The first kappa shape index (κ1) is 13.5. The van der Waals surface area contributed by atoms with Crippen LogP contribution in [-0.2, 0) is 0 Å². The molecular formula is C16H19N3O2. The fraction of sp³-hybridized carbons (Fsp3) is 0.312. The molecule has 1 aliphatic heterocycles. The number of hydrogen-bond acceptors (Lipinski definition) is 4. The smallest absolute Gasteiger partial charge is 0.289 e. The van der Waals surface area contributed by atoms with Gasteiger partial charge >= 0.3 is 0 Å². The summed E-state index contributed by atoms with van der Waals surface area (Å²) in [5.41, 5.74) is 7.82. The van der Waals surface area contributed by atoms with E-state index in [4.69, 9.17) is 10.2 Å². The summed E-state index contributed by atoms with van der Waals surface area (Å²) in [6.45, 7) is 4.74. The molecule has 1 aromatic heterocycles. The summed E-state index contributed by atoms with van der Waals surface area (Å²) < 4.78 is 5.40. The van der Waals surface area contributed by atoms with E-state index in [1.165, 1.54) is 0 Å². The molecule has 0 unspecified atom stereocenters. The van der Waals surface area contributed by atoms with Crippen LogP contribution in [0, 0.1) is 6.92 Å². The highest BCUT2D eigenvalue weighted by atomic mass is 16.3. The highest BCUT2D eigenvalue weighted by molar-refractivity contribution is 5.91. The average molecular weight is 285 g/mol. The van der Waals surface area contributed by atoms with Crippen molar-refractivity contribution in [2.24, 2.45) is 0 Å². The minimum absolute atomic E-state index is 0.0382. The van der Waals surface area contributed by atoms with Crippen LogP contribution in [0.1, 0.15) is 16.3 Å². The van der Waals surface area contributed by atoms with Gasteiger partial charge in [0.2, 0.25) is 0 Å². The SMILES string of the molecule is Cc1ccc(C(=O)N2CCN(c3ccccc3N)CC2)o1. The van der Waals surface area contributed by atoms with Crippen molar-refractivity contribution in [2.75, 3.05) is 36.8 Å². The lowest BCUT2D eigenvalue weighted by molar-refractivity contribution is 0.0713. The van der Waals surface area contributed by atoms with Gasteiger partial charge in [-0.3, -0.25) is 4.79 Å². The Morgan fingerprint density at radius 1 is 1.10 bits per heavy atom. The van der Waals surface area contributed by atoms with Gasteiger partial charge in [-0.25, -0.2) is 0 Å². The molecule has 0 saturated carbocycles. The molecule has 0 spiro atoms. The minimum atomic E-state index is -0.0382. The maximum absolute atomic E-state index is 12.3. The van der Waals surface area contributed by atoms with Crippen LogP contribution < -0.4 is 10.6 Å². The maximum atomic E-state index is 12.3. The summed E-state index contributed by atoms with van der Waals surface area (Å²) in [6, 6.07) is 11.4. The number of amides is 1. The third-order valence-electron chi connectivity index (χ3n) is 3.80. The molecule has 2 aromatic rings. The Bertz CT molecular complexity index is 642. The molecule has 2 heterocycles. The van der Waals surface area contributed by atoms with E-state index in [0.29, 0.717) is 18.8 Å². The summed E-state index contributed by atoms with van der Waals surface area (Å²) in [5, 5.41) is 0. The molecule has 3 rings (SSSR count). The van der Waals surface area contributed by atoms with Gasteiger partial charge in [-0.15, -0.1) is 0 Å². The monoisotopic (exact) mass is 285 g/mol. The molecule has 1 fully saturated rings. The van der Waals surface area contributed by atoms with Gasteiger partial charge in [0.05, 0.1) is 11.4 Å². The zero-order chi connectivity index (χ0) is 14.8. The van der Waals surface area contributed by atoms with Crippen molar-refractivity contribution < 1.29 is 9.21 Å². The van der Waals surface area contributed by atoms with Crippen LogP contribution >= 0.6 is 0 Å². The quantitative estimate of drug-likeness (QED) is 0.859. The Balaban J connectivity index is 1.65. The molecule has 1 aliphatic rings. The number of hydrogen-bond donors (Lipinski definition) is 1. The van der Waals surface area contributed by atoms with Crippen LogP contribution in [0.2, 0.25) is 0 Å². The molecule has 0 radical (unpaired) electrons. The standard InChI is InChI=1S/C16H19N3O2/c1-12-6-7-15(21-12)16(20)19-10-8-18(9-11-19)14-5-3-2-4-13(14)17/h2-7H,8-11,17H2,1H3. The van der Waals surface area contributed by atoms with E-state index >= 15 is 0 Å². The molecule has 0 aliphatic carbocycles. The van der Waals surface area contributed by atoms with Crippen molar-refractivity contribution in [2.45, 2.75) is 6.92 Å². The molecular weight excluding hydrogens is 266 g/mol. The fourth-order valence-electron chi connectivity index (χ4n) is 2.63. The van der Waals surface area contributed by atoms with Crippen LogP contribution in [0.3, 0.4) is 0 Å². The molecule has 2 N–H and O–H groups in total. The van der Waals surface area contributed by atoms with Gasteiger partial charge < -0.3 is 20.0 Å². The van der Waals surface area contributed by atoms with Crippen molar-refractivity contribution in [1.29, 1.82) is 0 Å². The van der Waals surface area contributed by atoms with Crippen molar-refractivity contribution in [3.63, 3.8) is 0 Å². The first-order valence-corrected chi connectivity index (χ1v) is 7.10.